The molecule has 3 saturated heterocycles. The summed E-state index contributed by atoms with van der Waals surface area (Å²) in [6.45, 7) is 7.67. The first-order valence-electron chi connectivity index (χ1n) is 9.51. The Balaban J connectivity index is 1.53. The zero-order chi connectivity index (χ0) is 17.9. The van der Waals surface area contributed by atoms with Crippen LogP contribution in [0, 0.1) is 5.41 Å². The smallest absolute Gasteiger partial charge is 0.236 e. The highest BCUT2D eigenvalue weighted by Gasteiger charge is 2.48. The SMILES string of the molecule is COCCN1CCCC2(CCN(CC(=O)N3CCN(C)CC3)C2)C1=O. The second-order valence-corrected chi connectivity index (χ2v) is 7.81. The first-order chi connectivity index (χ1) is 12.0. The number of nitrogens with zero attached hydrogens (tertiary/aromatic N) is 4. The van der Waals surface area contributed by atoms with Crippen LogP contribution in [0.1, 0.15) is 19.3 Å². The fourth-order valence-corrected chi connectivity index (χ4v) is 4.39. The Labute approximate surface area is 150 Å². The van der Waals surface area contributed by atoms with Gasteiger partial charge in [-0.2, -0.15) is 0 Å². The molecule has 0 bridgehead atoms. The van der Waals surface area contributed by atoms with Crippen LogP contribution in [-0.2, 0) is 14.3 Å². The van der Waals surface area contributed by atoms with Crippen molar-refractivity contribution >= 4 is 11.8 Å². The first-order valence-corrected chi connectivity index (χ1v) is 9.51. The molecule has 0 aromatic heterocycles. The average molecular weight is 352 g/mol. The van der Waals surface area contributed by atoms with Gasteiger partial charge < -0.3 is 19.4 Å². The number of methoxy groups -OCH3 is 1. The van der Waals surface area contributed by atoms with Gasteiger partial charge in [-0.3, -0.25) is 14.5 Å². The minimum Gasteiger partial charge on any atom is -0.383 e. The van der Waals surface area contributed by atoms with E-state index in [2.05, 4.69) is 16.8 Å². The van der Waals surface area contributed by atoms with Gasteiger partial charge >= 0.3 is 0 Å². The fourth-order valence-electron chi connectivity index (χ4n) is 4.39. The number of rotatable bonds is 5. The van der Waals surface area contributed by atoms with Gasteiger partial charge in [0.2, 0.25) is 11.8 Å². The van der Waals surface area contributed by atoms with Crippen molar-refractivity contribution < 1.29 is 14.3 Å². The molecule has 0 saturated carbocycles. The molecule has 0 aliphatic carbocycles. The van der Waals surface area contributed by atoms with E-state index < -0.39 is 0 Å². The maximum absolute atomic E-state index is 13.0. The quantitative estimate of drug-likeness (QED) is 0.681. The Hall–Kier alpha value is -1.18. The van der Waals surface area contributed by atoms with E-state index in [1.165, 1.54) is 0 Å². The lowest BCUT2D eigenvalue weighted by atomic mass is 9.78. The van der Waals surface area contributed by atoms with Crippen LogP contribution in [0.4, 0.5) is 0 Å². The summed E-state index contributed by atoms with van der Waals surface area (Å²) in [7, 11) is 3.77. The molecule has 1 spiro atoms. The van der Waals surface area contributed by atoms with Crippen LogP contribution in [0.3, 0.4) is 0 Å². The summed E-state index contributed by atoms with van der Waals surface area (Å²) in [6, 6.07) is 0. The normalized spacial score (nSPS) is 29.0. The van der Waals surface area contributed by atoms with Crippen LogP contribution >= 0.6 is 0 Å². The Kier molecular flexibility index (Phi) is 5.96. The van der Waals surface area contributed by atoms with Crippen LogP contribution in [0.2, 0.25) is 0 Å². The van der Waals surface area contributed by atoms with Crippen molar-refractivity contribution in [3.63, 3.8) is 0 Å². The Morgan fingerprint density at radius 1 is 1.12 bits per heavy atom. The highest BCUT2D eigenvalue weighted by atomic mass is 16.5. The van der Waals surface area contributed by atoms with Crippen molar-refractivity contribution in [2.75, 3.05) is 79.7 Å². The maximum Gasteiger partial charge on any atom is 0.236 e. The highest BCUT2D eigenvalue weighted by molar-refractivity contribution is 5.84. The number of ether oxygens (including phenoxy) is 1. The van der Waals surface area contributed by atoms with E-state index in [9.17, 15) is 9.59 Å². The third-order valence-electron chi connectivity index (χ3n) is 6.04. The van der Waals surface area contributed by atoms with E-state index in [4.69, 9.17) is 4.74 Å². The molecule has 0 N–H and O–H groups in total. The number of piperazine rings is 1. The lowest BCUT2D eigenvalue weighted by Crippen LogP contribution is -2.52. The summed E-state index contributed by atoms with van der Waals surface area (Å²) in [5.74, 6) is 0.481. The van der Waals surface area contributed by atoms with Crippen molar-refractivity contribution in [1.82, 2.24) is 19.6 Å². The molecule has 0 aromatic carbocycles. The first kappa shape index (κ1) is 18.6. The summed E-state index contributed by atoms with van der Waals surface area (Å²) in [5.41, 5.74) is -0.269. The molecule has 1 atom stereocenters. The van der Waals surface area contributed by atoms with Crippen LogP contribution in [0.15, 0.2) is 0 Å². The Morgan fingerprint density at radius 2 is 1.88 bits per heavy atom. The molecule has 3 aliphatic heterocycles. The fraction of sp³-hybridized carbons (Fsp3) is 0.889. The van der Waals surface area contributed by atoms with E-state index >= 15 is 0 Å². The molecule has 7 nitrogen and oxygen atoms in total. The van der Waals surface area contributed by atoms with E-state index in [1.807, 2.05) is 9.80 Å². The number of hydrogen-bond acceptors (Lipinski definition) is 5. The summed E-state index contributed by atoms with van der Waals surface area (Å²) in [6.07, 6.45) is 2.88. The van der Waals surface area contributed by atoms with Gasteiger partial charge in [-0.1, -0.05) is 0 Å². The molecular formula is C18H32N4O3. The molecule has 1 unspecified atom stereocenters. The average Bonchev–Trinajstić information content (AvgIpc) is 3.00. The van der Waals surface area contributed by atoms with Crippen molar-refractivity contribution in [3.8, 4) is 0 Å². The number of hydrogen-bond donors (Lipinski definition) is 0. The minimum absolute atomic E-state index is 0.213. The summed E-state index contributed by atoms with van der Waals surface area (Å²) >= 11 is 0. The third-order valence-corrected chi connectivity index (χ3v) is 6.04. The summed E-state index contributed by atoms with van der Waals surface area (Å²) in [5, 5.41) is 0. The number of carbonyl (C=O) groups excluding carboxylic acids is 2. The Morgan fingerprint density at radius 3 is 2.60 bits per heavy atom. The van der Waals surface area contributed by atoms with Gasteiger partial charge in [0, 0.05) is 52.9 Å². The van der Waals surface area contributed by atoms with E-state index in [0.29, 0.717) is 19.7 Å². The van der Waals surface area contributed by atoms with Crippen molar-refractivity contribution in [2.24, 2.45) is 5.41 Å². The molecule has 3 rings (SSSR count). The molecule has 3 heterocycles. The van der Waals surface area contributed by atoms with Crippen LogP contribution in [0.5, 0.6) is 0 Å². The van der Waals surface area contributed by atoms with Crippen molar-refractivity contribution in [1.29, 1.82) is 0 Å². The van der Waals surface area contributed by atoms with Gasteiger partial charge in [-0.15, -0.1) is 0 Å². The monoisotopic (exact) mass is 352 g/mol. The number of likely N-dealkylation sites (N-methyl/N-ethyl adjacent to an activating group) is 1. The molecule has 2 amide bonds. The maximum atomic E-state index is 13.0. The molecule has 142 valence electrons. The van der Waals surface area contributed by atoms with Crippen LogP contribution in [-0.4, -0.2) is 111 Å². The van der Waals surface area contributed by atoms with Crippen molar-refractivity contribution in [3.05, 3.63) is 0 Å². The Bertz CT molecular complexity index is 493. The highest BCUT2D eigenvalue weighted by Crippen LogP contribution is 2.39. The second-order valence-electron chi connectivity index (χ2n) is 7.81. The van der Waals surface area contributed by atoms with Gasteiger partial charge in [0.25, 0.3) is 0 Å². The van der Waals surface area contributed by atoms with Gasteiger partial charge in [0.1, 0.15) is 0 Å². The number of amides is 2. The van der Waals surface area contributed by atoms with E-state index in [1.54, 1.807) is 7.11 Å². The number of piperidine rings is 1. The van der Waals surface area contributed by atoms with Gasteiger partial charge in [-0.05, 0) is 32.9 Å². The predicted molar refractivity (Wildman–Crippen MR) is 95.3 cm³/mol. The predicted octanol–water partition coefficient (Wildman–Crippen LogP) is -0.279. The molecule has 3 fully saturated rings. The second kappa shape index (κ2) is 8.01. The van der Waals surface area contributed by atoms with Crippen LogP contribution in [0.25, 0.3) is 0 Å². The summed E-state index contributed by atoms with van der Waals surface area (Å²) in [4.78, 5) is 33.9. The zero-order valence-electron chi connectivity index (χ0n) is 15.7. The molecule has 25 heavy (non-hydrogen) atoms. The summed E-state index contributed by atoms with van der Waals surface area (Å²) < 4.78 is 5.13. The van der Waals surface area contributed by atoms with E-state index in [0.717, 1.165) is 65.1 Å². The minimum atomic E-state index is -0.269. The van der Waals surface area contributed by atoms with Gasteiger partial charge in [0.05, 0.1) is 18.6 Å². The molecular weight excluding hydrogens is 320 g/mol. The van der Waals surface area contributed by atoms with Crippen molar-refractivity contribution in [2.45, 2.75) is 19.3 Å². The van der Waals surface area contributed by atoms with Gasteiger partial charge in [0.15, 0.2) is 0 Å². The van der Waals surface area contributed by atoms with Crippen LogP contribution < -0.4 is 0 Å². The lowest BCUT2D eigenvalue weighted by Gasteiger charge is -2.39. The largest absolute Gasteiger partial charge is 0.383 e. The standard InChI is InChI=1S/C18H32N4O3/c1-19-8-10-21(11-9-19)16(23)14-20-7-5-18(15-20)4-3-6-22(17(18)24)12-13-25-2/h3-15H2,1-2H3. The van der Waals surface area contributed by atoms with Gasteiger partial charge in [-0.25, -0.2) is 0 Å². The molecule has 7 heteroatoms. The zero-order valence-corrected chi connectivity index (χ0v) is 15.7. The topological polar surface area (TPSA) is 56.3 Å². The molecule has 0 aromatic rings. The molecule has 0 radical (unpaired) electrons. The molecule has 3 aliphatic rings. The number of carbonyl (C=O) groups is 2. The number of likely N-dealkylation sites (tertiary alicyclic amines) is 2. The third kappa shape index (κ3) is 4.15. The van der Waals surface area contributed by atoms with E-state index in [-0.39, 0.29) is 17.2 Å². The lowest BCUT2D eigenvalue weighted by molar-refractivity contribution is -0.146.